The molecule has 1 fully saturated rings. The second-order valence-corrected chi connectivity index (χ2v) is 8.21. The zero-order valence-corrected chi connectivity index (χ0v) is 16.0. The summed E-state index contributed by atoms with van der Waals surface area (Å²) in [6.45, 7) is 4.10. The molecule has 2 atom stereocenters. The first-order chi connectivity index (χ1) is 12.9. The molecular weight excluding hydrogens is 338 g/mol. The number of hydrogen-bond acceptors (Lipinski definition) is 2. The summed E-state index contributed by atoms with van der Waals surface area (Å²) in [6.07, 6.45) is 5.08. The lowest BCUT2D eigenvalue weighted by Gasteiger charge is -2.50. The van der Waals surface area contributed by atoms with Crippen molar-refractivity contribution in [1.82, 2.24) is 4.57 Å². The molecule has 0 spiro atoms. The van der Waals surface area contributed by atoms with Crippen molar-refractivity contribution in [3.63, 3.8) is 0 Å². The Labute approximate surface area is 160 Å². The number of carbonyl (C=O) groups is 1. The lowest BCUT2D eigenvalue weighted by Crippen LogP contribution is -2.58. The third kappa shape index (κ3) is 2.66. The summed E-state index contributed by atoms with van der Waals surface area (Å²) in [5, 5.41) is 21.7. The molecule has 2 aliphatic carbocycles. The summed E-state index contributed by atoms with van der Waals surface area (Å²) in [7, 11) is 0. The molecule has 2 aromatic rings. The van der Waals surface area contributed by atoms with E-state index in [0.717, 1.165) is 28.9 Å². The molecule has 0 bridgehead atoms. The third-order valence-electron chi connectivity index (χ3n) is 6.69. The molecule has 1 heterocycles. The number of aliphatic hydroxyl groups is 1. The Balaban J connectivity index is 1.82. The van der Waals surface area contributed by atoms with E-state index in [4.69, 9.17) is 0 Å². The van der Waals surface area contributed by atoms with Gasteiger partial charge in [0.05, 0.1) is 11.6 Å². The highest BCUT2D eigenvalue weighted by molar-refractivity contribution is 5.82. The maximum Gasteiger partial charge on any atom is 0.316 e. The van der Waals surface area contributed by atoms with E-state index in [2.05, 4.69) is 36.6 Å². The fourth-order valence-electron chi connectivity index (χ4n) is 5.12. The lowest BCUT2D eigenvalue weighted by molar-refractivity contribution is -0.177. The Morgan fingerprint density at radius 2 is 1.74 bits per heavy atom. The Hall–Kier alpha value is -2.33. The maximum atomic E-state index is 12.6. The average Bonchev–Trinajstić information content (AvgIpc) is 3.14. The van der Waals surface area contributed by atoms with Gasteiger partial charge in [-0.1, -0.05) is 36.4 Å². The molecule has 1 saturated carbocycles. The number of aliphatic carboxylic acids is 1. The number of rotatable bonds is 5. The molecule has 4 heteroatoms. The summed E-state index contributed by atoms with van der Waals surface area (Å²) in [5.41, 5.74) is 1.81. The molecule has 1 aromatic carbocycles. The molecule has 0 unspecified atom stereocenters. The number of carboxylic acid groups (broad SMARTS) is 1. The van der Waals surface area contributed by atoms with E-state index in [1.165, 1.54) is 0 Å². The van der Waals surface area contributed by atoms with E-state index in [-0.39, 0.29) is 6.04 Å². The second-order valence-electron chi connectivity index (χ2n) is 8.21. The summed E-state index contributed by atoms with van der Waals surface area (Å²) >= 11 is 0. The number of allylic oxidation sites excluding steroid dienone is 1. The fourth-order valence-corrected chi connectivity index (χ4v) is 5.12. The van der Waals surface area contributed by atoms with Gasteiger partial charge in [-0.2, -0.15) is 0 Å². The van der Waals surface area contributed by atoms with Crippen LogP contribution in [0.15, 0.2) is 54.1 Å². The van der Waals surface area contributed by atoms with Gasteiger partial charge < -0.3 is 14.8 Å². The van der Waals surface area contributed by atoms with Crippen LogP contribution in [-0.2, 0) is 11.2 Å². The number of nitrogens with zero attached hydrogens (tertiary/aromatic N) is 1. The third-order valence-corrected chi connectivity index (χ3v) is 6.69. The van der Waals surface area contributed by atoms with Crippen LogP contribution in [0.2, 0.25) is 0 Å². The van der Waals surface area contributed by atoms with E-state index >= 15 is 0 Å². The fraction of sp³-hybridized carbons (Fsp3) is 0.435. The van der Waals surface area contributed by atoms with Gasteiger partial charge in [-0.05, 0) is 69.2 Å². The molecule has 27 heavy (non-hydrogen) atoms. The van der Waals surface area contributed by atoms with Crippen LogP contribution in [0.1, 0.15) is 48.7 Å². The summed E-state index contributed by atoms with van der Waals surface area (Å²) in [5.74, 6) is -0.892. The van der Waals surface area contributed by atoms with Crippen molar-refractivity contribution < 1.29 is 15.0 Å². The Morgan fingerprint density at radius 1 is 1.11 bits per heavy atom. The van der Waals surface area contributed by atoms with E-state index in [1.54, 1.807) is 0 Å². The molecule has 1 aromatic heterocycles. The summed E-state index contributed by atoms with van der Waals surface area (Å²) in [6, 6.07) is 14.1. The molecule has 0 aliphatic heterocycles. The highest BCUT2D eigenvalue weighted by Crippen LogP contribution is 2.59. The molecule has 142 valence electrons. The van der Waals surface area contributed by atoms with Gasteiger partial charge in [0.15, 0.2) is 0 Å². The second kappa shape index (κ2) is 6.38. The van der Waals surface area contributed by atoms with Gasteiger partial charge in [0.25, 0.3) is 0 Å². The van der Waals surface area contributed by atoms with Gasteiger partial charge >= 0.3 is 5.97 Å². The molecule has 0 saturated heterocycles. The van der Waals surface area contributed by atoms with Gasteiger partial charge in [-0.3, -0.25) is 4.79 Å². The molecule has 4 nitrogen and oxygen atoms in total. The Kier molecular flexibility index (Phi) is 4.26. The molecule has 2 aliphatic rings. The minimum absolute atomic E-state index is 0.0422. The monoisotopic (exact) mass is 365 g/mol. The Bertz CT molecular complexity index is 872. The van der Waals surface area contributed by atoms with Gasteiger partial charge in [0.2, 0.25) is 0 Å². The zero-order valence-electron chi connectivity index (χ0n) is 16.0. The minimum Gasteiger partial charge on any atom is -0.481 e. The molecular formula is C23H27NO3. The summed E-state index contributed by atoms with van der Waals surface area (Å²) < 4.78 is 2.21. The Morgan fingerprint density at radius 3 is 2.26 bits per heavy atom. The van der Waals surface area contributed by atoms with Crippen molar-refractivity contribution in [2.24, 2.45) is 5.41 Å². The quantitative estimate of drug-likeness (QED) is 0.781. The van der Waals surface area contributed by atoms with Crippen molar-refractivity contribution in [3.8, 4) is 0 Å². The number of benzene rings is 1. The number of carboxylic acids is 1. The SMILES string of the molecule is Cc1ccc(C)n1[C@@H]1C=C(Cc2ccccc2)[C@@](C(=O)O)(C2(O)CCC2)C1. The van der Waals surface area contributed by atoms with Crippen molar-refractivity contribution >= 4 is 5.97 Å². The van der Waals surface area contributed by atoms with E-state index in [0.29, 0.717) is 25.7 Å². The van der Waals surface area contributed by atoms with Crippen LogP contribution in [0.25, 0.3) is 0 Å². The zero-order chi connectivity index (χ0) is 19.2. The first-order valence-corrected chi connectivity index (χ1v) is 9.73. The molecule has 4 rings (SSSR count). The van der Waals surface area contributed by atoms with E-state index < -0.39 is 17.0 Å². The minimum atomic E-state index is -1.21. The van der Waals surface area contributed by atoms with Crippen molar-refractivity contribution in [2.45, 2.75) is 57.6 Å². The highest BCUT2D eigenvalue weighted by atomic mass is 16.4. The first-order valence-electron chi connectivity index (χ1n) is 9.73. The number of aryl methyl sites for hydroxylation is 2. The van der Waals surface area contributed by atoms with Crippen LogP contribution in [0.3, 0.4) is 0 Å². The molecule has 0 radical (unpaired) electrons. The number of hydrogen-bond donors (Lipinski definition) is 2. The molecule has 0 amide bonds. The average molecular weight is 365 g/mol. The molecule has 2 N–H and O–H groups in total. The van der Waals surface area contributed by atoms with Gasteiger partial charge in [0, 0.05) is 11.4 Å². The van der Waals surface area contributed by atoms with Crippen LogP contribution in [0.5, 0.6) is 0 Å². The topological polar surface area (TPSA) is 62.5 Å². The van der Waals surface area contributed by atoms with Crippen LogP contribution in [0, 0.1) is 19.3 Å². The first kappa shape index (κ1) is 18.1. The van der Waals surface area contributed by atoms with Crippen LogP contribution < -0.4 is 0 Å². The van der Waals surface area contributed by atoms with E-state index in [9.17, 15) is 15.0 Å². The van der Waals surface area contributed by atoms with Gasteiger partial charge in [-0.25, -0.2) is 0 Å². The van der Waals surface area contributed by atoms with Crippen LogP contribution in [0.4, 0.5) is 0 Å². The lowest BCUT2D eigenvalue weighted by atomic mass is 9.57. The normalized spacial score (nSPS) is 26.5. The smallest absolute Gasteiger partial charge is 0.316 e. The number of aromatic nitrogens is 1. The van der Waals surface area contributed by atoms with Crippen molar-refractivity contribution in [2.75, 3.05) is 0 Å². The predicted molar refractivity (Wildman–Crippen MR) is 105 cm³/mol. The largest absolute Gasteiger partial charge is 0.481 e. The summed E-state index contributed by atoms with van der Waals surface area (Å²) in [4.78, 5) is 12.6. The van der Waals surface area contributed by atoms with Gasteiger partial charge in [-0.15, -0.1) is 0 Å². The van der Waals surface area contributed by atoms with Crippen molar-refractivity contribution in [3.05, 3.63) is 71.1 Å². The standard InChI is InChI=1S/C23H27NO3/c1-16-9-10-17(2)24(16)20-14-19(13-18-7-4-3-5-8-18)23(15-20,21(25)26)22(27)11-6-12-22/h3-5,7-10,14,20,27H,6,11-13,15H2,1-2H3,(H,25,26)/t20-,23+/m1/s1. The van der Waals surface area contributed by atoms with Gasteiger partial charge in [0.1, 0.15) is 5.41 Å². The highest BCUT2D eigenvalue weighted by Gasteiger charge is 2.63. The predicted octanol–water partition coefficient (Wildman–Crippen LogP) is 4.20. The van der Waals surface area contributed by atoms with Crippen LogP contribution >= 0.6 is 0 Å². The maximum absolute atomic E-state index is 12.6. The van der Waals surface area contributed by atoms with Crippen LogP contribution in [-0.4, -0.2) is 26.4 Å². The van der Waals surface area contributed by atoms with Crippen molar-refractivity contribution in [1.29, 1.82) is 0 Å². The van der Waals surface area contributed by atoms with E-state index in [1.807, 2.05) is 30.3 Å².